The fourth-order valence-electron chi connectivity index (χ4n) is 5.19. The number of anilines is 1. The van der Waals surface area contributed by atoms with Crippen molar-refractivity contribution in [1.29, 1.82) is 0 Å². The number of nitrogens with one attached hydrogen (secondary N) is 2. The number of hydrogen-bond acceptors (Lipinski definition) is 12. The topological polar surface area (TPSA) is 239 Å². The number of carbonyl (C=O) groups excluding carboxylic acids is 2. The second kappa shape index (κ2) is 13.8. The SMILES string of the molecule is COc1ccc(C[C@H](NC(=O)[C@@H](N)Cc2ccc(OC)cc2)C(=O)N[C@H]2[C@@H](O)[C@H](n3cnc4c(N)ncnc43)O[C@@H]2C(=O)O)cc1. The number of aliphatic carboxylic acids is 1. The summed E-state index contributed by atoms with van der Waals surface area (Å²) in [5.74, 6) is -1.47. The van der Waals surface area contributed by atoms with Gasteiger partial charge in [0.1, 0.15) is 35.5 Å². The fraction of sp³-hybridized carbons (Fsp3) is 0.333. The van der Waals surface area contributed by atoms with E-state index in [-0.39, 0.29) is 29.8 Å². The van der Waals surface area contributed by atoms with Crippen LogP contribution in [-0.4, -0.2) is 92.1 Å². The first-order chi connectivity index (χ1) is 22.1. The monoisotopic (exact) mass is 634 g/mol. The molecular weight excluding hydrogens is 600 g/mol. The van der Waals surface area contributed by atoms with Gasteiger partial charge in [0, 0.05) is 6.42 Å². The lowest BCUT2D eigenvalue weighted by molar-refractivity contribution is -0.152. The van der Waals surface area contributed by atoms with Gasteiger partial charge in [-0.25, -0.2) is 19.7 Å². The molecule has 2 aromatic heterocycles. The molecule has 4 aromatic rings. The first kappa shape index (κ1) is 32.1. The molecule has 0 unspecified atom stereocenters. The van der Waals surface area contributed by atoms with Gasteiger partial charge in [-0.3, -0.25) is 14.2 Å². The van der Waals surface area contributed by atoms with Gasteiger partial charge in [-0.1, -0.05) is 24.3 Å². The summed E-state index contributed by atoms with van der Waals surface area (Å²) in [6.07, 6.45) is -1.84. The van der Waals surface area contributed by atoms with Crippen molar-refractivity contribution in [2.45, 2.75) is 49.4 Å². The second-order valence-corrected chi connectivity index (χ2v) is 10.7. The van der Waals surface area contributed by atoms with E-state index in [1.165, 1.54) is 24.3 Å². The Balaban J connectivity index is 1.36. The Bertz CT molecular complexity index is 1700. The molecule has 3 heterocycles. The van der Waals surface area contributed by atoms with Crippen LogP contribution in [0.15, 0.2) is 61.2 Å². The number of methoxy groups -OCH3 is 2. The van der Waals surface area contributed by atoms with Crippen LogP contribution in [-0.2, 0) is 32.0 Å². The Morgan fingerprint density at radius 3 is 2.15 bits per heavy atom. The zero-order valence-electron chi connectivity index (χ0n) is 24.9. The van der Waals surface area contributed by atoms with E-state index in [1.54, 1.807) is 55.6 Å². The Hall–Kier alpha value is -5.32. The van der Waals surface area contributed by atoms with E-state index < -0.39 is 54.3 Å². The lowest BCUT2D eigenvalue weighted by Crippen LogP contribution is -2.58. The fourth-order valence-corrected chi connectivity index (χ4v) is 5.19. The summed E-state index contributed by atoms with van der Waals surface area (Å²) in [5, 5.41) is 26.5. The van der Waals surface area contributed by atoms with E-state index >= 15 is 0 Å². The average molecular weight is 635 g/mol. The van der Waals surface area contributed by atoms with Gasteiger partial charge in [0.2, 0.25) is 11.8 Å². The van der Waals surface area contributed by atoms with Crippen molar-refractivity contribution in [2.24, 2.45) is 5.73 Å². The van der Waals surface area contributed by atoms with Crippen LogP contribution in [0.2, 0.25) is 0 Å². The number of carbonyl (C=O) groups is 3. The molecule has 0 bridgehead atoms. The van der Waals surface area contributed by atoms with Gasteiger partial charge in [-0.05, 0) is 41.8 Å². The van der Waals surface area contributed by atoms with Crippen molar-refractivity contribution in [2.75, 3.05) is 20.0 Å². The molecule has 0 saturated carbocycles. The summed E-state index contributed by atoms with van der Waals surface area (Å²) >= 11 is 0. The predicted octanol–water partition coefficient (Wildman–Crippen LogP) is -0.449. The number of rotatable bonds is 12. The average Bonchev–Trinajstić information content (AvgIpc) is 3.63. The Morgan fingerprint density at radius 1 is 0.957 bits per heavy atom. The number of carboxylic acid groups (broad SMARTS) is 1. The van der Waals surface area contributed by atoms with Gasteiger partial charge in [-0.15, -0.1) is 0 Å². The summed E-state index contributed by atoms with van der Waals surface area (Å²) in [5.41, 5.74) is 14.0. The molecule has 1 aliphatic heterocycles. The Kier molecular flexibility index (Phi) is 9.60. The number of ether oxygens (including phenoxy) is 3. The van der Waals surface area contributed by atoms with Crippen molar-refractivity contribution in [3.8, 4) is 11.5 Å². The van der Waals surface area contributed by atoms with Crippen LogP contribution in [0.5, 0.6) is 11.5 Å². The number of amides is 2. The minimum Gasteiger partial charge on any atom is -0.497 e. The summed E-state index contributed by atoms with van der Waals surface area (Å²) in [6.45, 7) is 0. The maximum atomic E-state index is 13.8. The maximum Gasteiger partial charge on any atom is 0.335 e. The van der Waals surface area contributed by atoms with Crippen LogP contribution >= 0.6 is 0 Å². The summed E-state index contributed by atoms with van der Waals surface area (Å²) in [6, 6.07) is 10.3. The first-order valence-electron chi connectivity index (χ1n) is 14.2. The van der Waals surface area contributed by atoms with Crippen LogP contribution in [0.25, 0.3) is 11.2 Å². The lowest BCUT2D eigenvalue weighted by Gasteiger charge is -2.25. The number of aromatic nitrogens is 4. The molecule has 1 fully saturated rings. The highest BCUT2D eigenvalue weighted by molar-refractivity contribution is 5.90. The van der Waals surface area contributed by atoms with Gasteiger partial charge in [-0.2, -0.15) is 0 Å². The maximum absolute atomic E-state index is 13.8. The highest BCUT2D eigenvalue weighted by atomic mass is 16.6. The van der Waals surface area contributed by atoms with E-state index in [2.05, 4.69) is 25.6 Å². The molecule has 6 atom stereocenters. The third-order valence-corrected chi connectivity index (χ3v) is 7.67. The minimum atomic E-state index is -1.66. The smallest absolute Gasteiger partial charge is 0.335 e. The Labute approximate surface area is 262 Å². The van der Waals surface area contributed by atoms with Gasteiger partial charge in [0.05, 0.1) is 32.6 Å². The number of aliphatic hydroxyl groups excluding tert-OH is 1. The van der Waals surface area contributed by atoms with E-state index in [0.717, 1.165) is 5.56 Å². The Morgan fingerprint density at radius 2 is 1.57 bits per heavy atom. The molecule has 8 N–H and O–H groups in total. The quantitative estimate of drug-likeness (QED) is 0.116. The molecule has 16 nitrogen and oxygen atoms in total. The number of nitrogens with two attached hydrogens (primary N) is 2. The van der Waals surface area contributed by atoms with Crippen molar-refractivity contribution in [3.63, 3.8) is 0 Å². The van der Waals surface area contributed by atoms with Crippen LogP contribution < -0.4 is 31.6 Å². The van der Waals surface area contributed by atoms with Crippen molar-refractivity contribution >= 4 is 34.8 Å². The van der Waals surface area contributed by atoms with Crippen LogP contribution in [0.3, 0.4) is 0 Å². The summed E-state index contributed by atoms with van der Waals surface area (Å²) in [7, 11) is 3.06. The van der Waals surface area contributed by atoms with E-state index in [1.807, 2.05) is 0 Å². The third-order valence-electron chi connectivity index (χ3n) is 7.67. The molecule has 0 radical (unpaired) electrons. The third kappa shape index (κ3) is 6.83. The summed E-state index contributed by atoms with van der Waals surface area (Å²) < 4.78 is 17.4. The van der Waals surface area contributed by atoms with Gasteiger partial charge >= 0.3 is 5.97 Å². The molecular formula is C30H34N8O8. The van der Waals surface area contributed by atoms with Gasteiger partial charge < -0.3 is 46.5 Å². The lowest BCUT2D eigenvalue weighted by atomic mass is 10.0. The standard InChI is InChI=1S/C30H34N8O8/c1-44-17-7-3-15(4-8-17)11-19(31)27(40)36-20(12-16-5-9-18(45-2)10-6-16)28(41)37-21-23(39)29(46-24(21)30(42)43)38-14-35-22-25(32)33-13-34-26(22)38/h3-10,13-14,19-21,23-24,29,39H,11-12,31H2,1-2H3,(H,36,40)(H,37,41)(H,42,43)(H2,32,33,34)/t19-,20-,21-,23+,24-,29+/m0/s1. The molecule has 1 saturated heterocycles. The normalized spacial score (nSPS) is 20.5. The number of aliphatic hydroxyl groups is 1. The largest absolute Gasteiger partial charge is 0.497 e. The predicted molar refractivity (Wildman–Crippen MR) is 163 cm³/mol. The van der Waals surface area contributed by atoms with Crippen molar-refractivity contribution < 1.29 is 38.8 Å². The second-order valence-electron chi connectivity index (χ2n) is 10.7. The van der Waals surface area contributed by atoms with Gasteiger partial charge in [0.25, 0.3) is 0 Å². The number of nitrogens with zero attached hydrogens (tertiary/aromatic N) is 4. The summed E-state index contributed by atoms with van der Waals surface area (Å²) in [4.78, 5) is 51.4. The molecule has 46 heavy (non-hydrogen) atoms. The molecule has 242 valence electrons. The number of benzene rings is 2. The van der Waals surface area contributed by atoms with Crippen molar-refractivity contribution in [3.05, 3.63) is 72.3 Å². The van der Waals surface area contributed by atoms with Crippen LogP contribution in [0, 0.1) is 0 Å². The molecule has 16 heteroatoms. The number of imidazole rings is 1. The van der Waals surface area contributed by atoms with Crippen LogP contribution in [0.1, 0.15) is 17.4 Å². The molecule has 0 aliphatic carbocycles. The molecule has 2 aromatic carbocycles. The zero-order chi connectivity index (χ0) is 33.0. The minimum absolute atomic E-state index is 0.0179. The molecule has 2 amide bonds. The molecule has 0 spiro atoms. The number of carboxylic acids is 1. The van der Waals surface area contributed by atoms with Gasteiger partial charge in [0.15, 0.2) is 23.8 Å². The zero-order valence-corrected chi connectivity index (χ0v) is 24.9. The van der Waals surface area contributed by atoms with E-state index in [4.69, 9.17) is 25.7 Å². The number of nitrogen functional groups attached to an aromatic ring is 1. The highest BCUT2D eigenvalue weighted by Gasteiger charge is 2.50. The number of fused-ring (bicyclic) bond motifs is 1. The van der Waals surface area contributed by atoms with E-state index in [9.17, 15) is 24.6 Å². The number of hydrogen-bond donors (Lipinski definition) is 6. The van der Waals surface area contributed by atoms with E-state index in [0.29, 0.717) is 17.1 Å². The highest BCUT2D eigenvalue weighted by Crippen LogP contribution is 2.32. The van der Waals surface area contributed by atoms with Crippen molar-refractivity contribution in [1.82, 2.24) is 30.2 Å². The first-order valence-corrected chi connectivity index (χ1v) is 14.2. The molecule has 5 rings (SSSR count). The van der Waals surface area contributed by atoms with Crippen LogP contribution in [0.4, 0.5) is 5.82 Å². The molecule has 1 aliphatic rings.